The normalized spacial score (nSPS) is 10.9. The second-order valence-corrected chi connectivity index (χ2v) is 5.50. The highest BCUT2D eigenvalue weighted by Crippen LogP contribution is 2.24. The molecule has 2 aromatic heterocycles. The molecule has 0 spiro atoms. The van der Waals surface area contributed by atoms with Gasteiger partial charge in [0.15, 0.2) is 5.65 Å². The van der Waals surface area contributed by atoms with Crippen LogP contribution in [0.15, 0.2) is 42.6 Å². The molecule has 0 amide bonds. The maximum atomic E-state index is 5.05. The van der Waals surface area contributed by atoms with Gasteiger partial charge < -0.3 is 15.0 Å². The van der Waals surface area contributed by atoms with E-state index in [1.807, 2.05) is 43.0 Å². The first-order chi connectivity index (χ1) is 11.2. The highest BCUT2D eigenvalue weighted by Gasteiger charge is 2.09. The van der Waals surface area contributed by atoms with Gasteiger partial charge in [-0.25, -0.2) is 9.50 Å². The molecule has 0 aliphatic rings. The Morgan fingerprint density at radius 1 is 1.22 bits per heavy atom. The van der Waals surface area contributed by atoms with Crippen LogP contribution >= 0.6 is 0 Å². The van der Waals surface area contributed by atoms with Crippen molar-refractivity contribution in [1.29, 1.82) is 0 Å². The molecule has 0 saturated heterocycles. The van der Waals surface area contributed by atoms with E-state index >= 15 is 0 Å². The standard InChI is InChI=1S/C17H21N5O/c1-21(2)14-6-4-5-13(11-14)15-12-19-17-8-7-16(20-22(15)17)18-9-10-23-3/h4-8,11-12H,9-10H2,1-3H3,(H,18,20). The Morgan fingerprint density at radius 2 is 2.09 bits per heavy atom. The molecule has 23 heavy (non-hydrogen) atoms. The predicted molar refractivity (Wildman–Crippen MR) is 93.1 cm³/mol. The minimum atomic E-state index is 0.640. The summed E-state index contributed by atoms with van der Waals surface area (Å²) in [6.07, 6.45) is 1.86. The van der Waals surface area contributed by atoms with Gasteiger partial charge in [-0.1, -0.05) is 12.1 Å². The number of hydrogen-bond donors (Lipinski definition) is 1. The third-order valence-electron chi connectivity index (χ3n) is 3.63. The lowest BCUT2D eigenvalue weighted by molar-refractivity contribution is 0.210. The Labute approximate surface area is 135 Å². The lowest BCUT2D eigenvalue weighted by atomic mass is 10.1. The van der Waals surface area contributed by atoms with Gasteiger partial charge >= 0.3 is 0 Å². The molecule has 0 radical (unpaired) electrons. The first kappa shape index (κ1) is 15.3. The van der Waals surface area contributed by atoms with Crippen LogP contribution in [0.5, 0.6) is 0 Å². The predicted octanol–water partition coefficient (Wildman–Crippen LogP) is 2.52. The molecule has 120 valence electrons. The number of imidazole rings is 1. The summed E-state index contributed by atoms with van der Waals surface area (Å²) in [6, 6.07) is 12.2. The summed E-state index contributed by atoms with van der Waals surface area (Å²) < 4.78 is 6.92. The average molecular weight is 311 g/mol. The molecule has 1 N–H and O–H groups in total. The molecule has 0 bridgehead atoms. The number of hydrogen-bond acceptors (Lipinski definition) is 5. The number of nitrogens with zero attached hydrogens (tertiary/aromatic N) is 4. The summed E-state index contributed by atoms with van der Waals surface area (Å²) in [5.74, 6) is 0.803. The summed E-state index contributed by atoms with van der Waals surface area (Å²) in [4.78, 5) is 6.52. The molecule has 6 nitrogen and oxygen atoms in total. The fraction of sp³-hybridized carbons (Fsp3) is 0.294. The van der Waals surface area contributed by atoms with E-state index in [0.29, 0.717) is 6.61 Å². The second-order valence-electron chi connectivity index (χ2n) is 5.50. The van der Waals surface area contributed by atoms with Crippen molar-refractivity contribution in [2.24, 2.45) is 0 Å². The minimum absolute atomic E-state index is 0.640. The molecule has 3 aromatic rings. The molecule has 2 heterocycles. The largest absolute Gasteiger partial charge is 0.383 e. The van der Waals surface area contributed by atoms with Crippen LogP contribution in [0.4, 0.5) is 11.5 Å². The number of nitrogens with one attached hydrogen (secondary N) is 1. The Hall–Kier alpha value is -2.60. The number of methoxy groups -OCH3 is 1. The number of aromatic nitrogens is 3. The van der Waals surface area contributed by atoms with Crippen LogP contribution in [0.25, 0.3) is 16.9 Å². The van der Waals surface area contributed by atoms with E-state index in [1.165, 1.54) is 0 Å². The Balaban J connectivity index is 1.97. The van der Waals surface area contributed by atoms with E-state index in [9.17, 15) is 0 Å². The van der Waals surface area contributed by atoms with Gasteiger partial charge in [-0.15, -0.1) is 5.10 Å². The molecule has 0 saturated carbocycles. The molecule has 1 aromatic carbocycles. The van der Waals surface area contributed by atoms with Crippen LogP contribution in [-0.2, 0) is 4.74 Å². The van der Waals surface area contributed by atoms with Gasteiger partial charge in [0.2, 0.25) is 0 Å². The van der Waals surface area contributed by atoms with Crippen molar-refractivity contribution in [3.05, 3.63) is 42.6 Å². The van der Waals surface area contributed by atoms with Crippen molar-refractivity contribution >= 4 is 17.2 Å². The Kier molecular flexibility index (Phi) is 4.43. The lowest BCUT2D eigenvalue weighted by Gasteiger charge is -2.13. The SMILES string of the molecule is COCCNc1ccc2ncc(-c3cccc(N(C)C)c3)n2n1. The van der Waals surface area contributed by atoms with Gasteiger partial charge in [-0.3, -0.25) is 0 Å². The average Bonchev–Trinajstić information content (AvgIpc) is 2.98. The van der Waals surface area contributed by atoms with Crippen LogP contribution in [-0.4, -0.2) is 49.0 Å². The van der Waals surface area contributed by atoms with Crippen molar-refractivity contribution in [3.63, 3.8) is 0 Å². The minimum Gasteiger partial charge on any atom is -0.383 e. The molecular formula is C17H21N5O. The van der Waals surface area contributed by atoms with Crippen LogP contribution in [0.3, 0.4) is 0 Å². The highest BCUT2D eigenvalue weighted by atomic mass is 16.5. The molecule has 0 atom stereocenters. The number of rotatable bonds is 6. The van der Waals surface area contributed by atoms with Crippen molar-refractivity contribution < 1.29 is 4.74 Å². The summed E-state index contributed by atoms with van der Waals surface area (Å²) in [5.41, 5.74) is 4.03. The summed E-state index contributed by atoms with van der Waals surface area (Å²) in [5, 5.41) is 7.87. The third-order valence-corrected chi connectivity index (χ3v) is 3.63. The molecule has 0 aliphatic heterocycles. The smallest absolute Gasteiger partial charge is 0.154 e. The fourth-order valence-corrected chi connectivity index (χ4v) is 2.39. The summed E-state index contributed by atoms with van der Waals surface area (Å²) in [7, 11) is 5.75. The molecular weight excluding hydrogens is 290 g/mol. The maximum absolute atomic E-state index is 5.05. The van der Waals surface area contributed by atoms with Crippen LogP contribution in [0, 0.1) is 0 Å². The van der Waals surface area contributed by atoms with Gasteiger partial charge in [0.25, 0.3) is 0 Å². The maximum Gasteiger partial charge on any atom is 0.154 e. The van der Waals surface area contributed by atoms with Crippen LogP contribution in [0.1, 0.15) is 0 Å². The topological polar surface area (TPSA) is 54.7 Å². The van der Waals surface area contributed by atoms with Gasteiger partial charge in [-0.05, 0) is 24.3 Å². The fourth-order valence-electron chi connectivity index (χ4n) is 2.39. The van der Waals surface area contributed by atoms with Gasteiger partial charge in [0.05, 0.1) is 18.5 Å². The Bertz CT molecular complexity index is 797. The molecule has 3 rings (SSSR count). The van der Waals surface area contributed by atoms with Crippen molar-refractivity contribution in [2.75, 3.05) is 44.6 Å². The van der Waals surface area contributed by atoms with E-state index in [4.69, 9.17) is 4.74 Å². The van der Waals surface area contributed by atoms with E-state index in [1.54, 1.807) is 7.11 Å². The number of benzene rings is 1. The zero-order valence-electron chi connectivity index (χ0n) is 13.7. The van der Waals surface area contributed by atoms with Crippen molar-refractivity contribution in [1.82, 2.24) is 14.6 Å². The van der Waals surface area contributed by atoms with Crippen molar-refractivity contribution in [3.8, 4) is 11.3 Å². The quantitative estimate of drug-likeness (QED) is 0.709. The number of ether oxygens (including phenoxy) is 1. The van der Waals surface area contributed by atoms with Gasteiger partial charge in [-0.2, -0.15) is 0 Å². The highest BCUT2D eigenvalue weighted by molar-refractivity contribution is 5.68. The molecule has 0 aliphatic carbocycles. The Morgan fingerprint density at radius 3 is 2.87 bits per heavy atom. The summed E-state index contributed by atoms with van der Waals surface area (Å²) >= 11 is 0. The third kappa shape index (κ3) is 3.27. The lowest BCUT2D eigenvalue weighted by Crippen LogP contribution is -2.10. The summed E-state index contributed by atoms with van der Waals surface area (Å²) in [6.45, 7) is 1.36. The second kappa shape index (κ2) is 6.66. The molecule has 6 heteroatoms. The van der Waals surface area contributed by atoms with Crippen LogP contribution < -0.4 is 10.2 Å². The van der Waals surface area contributed by atoms with E-state index < -0.39 is 0 Å². The van der Waals surface area contributed by atoms with E-state index in [-0.39, 0.29) is 0 Å². The van der Waals surface area contributed by atoms with Gasteiger partial charge in [0.1, 0.15) is 5.82 Å². The zero-order valence-corrected chi connectivity index (χ0v) is 13.7. The van der Waals surface area contributed by atoms with E-state index in [2.05, 4.69) is 38.5 Å². The van der Waals surface area contributed by atoms with Crippen LogP contribution in [0.2, 0.25) is 0 Å². The monoisotopic (exact) mass is 311 g/mol. The number of fused-ring (bicyclic) bond motifs is 1. The van der Waals surface area contributed by atoms with Crippen molar-refractivity contribution in [2.45, 2.75) is 0 Å². The van der Waals surface area contributed by atoms with Gasteiger partial charge in [0, 0.05) is 39.0 Å². The zero-order chi connectivity index (χ0) is 16.2. The first-order valence-electron chi connectivity index (χ1n) is 7.54. The number of anilines is 2. The molecule has 0 fully saturated rings. The first-order valence-corrected chi connectivity index (χ1v) is 7.54. The molecule has 0 unspecified atom stereocenters. The van der Waals surface area contributed by atoms with E-state index in [0.717, 1.165) is 35.0 Å².